The van der Waals surface area contributed by atoms with Crippen molar-refractivity contribution in [3.8, 4) is 0 Å². The lowest BCUT2D eigenvalue weighted by Crippen LogP contribution is -2.23. The summed E-state index contributed by atoms with van der Waals surface area (Å²) in [7, 11) is 1.80. The van der Waals surface area contributed by atoms with Crippen LogP contribution in [0.15, 0.2) is 6.33 Å². The Morgan fingerprint density at radius 3 is 2.82 bits per heavy atom. The molecule has 1 heterocycles. The molecule has 0 fully saturated rings. The Balaban J connectivity index is 2.05. The predicted octanol–water partition coefficient (Wildman–Crippen LogP) is 0.341. The van der Waals surface area contributed by atoms with Gasteiger partial charge in [0, 0.05) is 13.5 Å². The van der Waals surface area contributed by atoms with Gasteiger partial charge in [0.15, 0.2) is 5.82 Å². The number of hydrogen-bond donors (Lipinski definition) is 2. The molecule has 0 atom stereocenters. The van der Waals surface area contributed by atoms with Gasteiger partial charge in [-0.25, -0.2) is 4.98 Å². The summed E-state index contributed by atoms with van der Waals surface area (Å²) in [5, 5.41) is 6.88. The maximum absolute atomic E-state index is 11.5. The highest BCUT2D eigenvalue weighted by Gasteiger charge is 2.03. The first-order chi connectivity index (χ1) is 8.22. The zero-order valence-electron chi connectivity index (χ0n) is 10.4. The molecule has 0 aliphatic heterocycles. The monoisotopic (exact) mass is 239 g/mol. The molecule has 0 aliphatic rings. The minimum absolute atomic E-state index is 0.0604. The minimum Gasteiger partial charge on any atom is -0.349 e. The summed E-state index contributed by atoms with van der Waals surface area (Å²) in [6, 6.07) is 0. The molecule has 1 amide bonds. The van der Waals surface area contributed by atoms with Crippen molar-refractivity contribution in [2.45, 2.75) is 38.6 Å². The molecule has 0 radical (unpaired) electrons. The Morgan fingerprint density at radius 2 is 2.18 bits per heavy atom. The fourth-order valence-corrected chi connectivity index (χ4v) is 1.51. The zero-order chi connectivity index (χ0) is 12.5. The highest BCUT2D eigenvalue weighted by Crippen LogP contribution is 2.02. The van der Waals surface area contributed by atoms with Gasteiger partial charge in [-0.3, -0.25) is 9.48 Å². The van der Waals surface area contributed by atoms with Gasteiger partial charge in [-0.2, -0.15) is 5.10 Å². The molecule has 0 unspecified atom stereocenters. The first-order valence-electron chi connectivity index (χ1n) is 6.03. The molecule has 6 heteroatoms. The summed E-state index contributed by atoms with van der Waals surface area (Å²) in [5.74, 6) is 0.703. The van der Waals surface area contributed by atoms with Crippen LogP contribution in [0.5, 0.6) is 0 Å². The van der Waals surface area contributed by atoms with E-state index < -0.39 is 0 Å². The molecule has 3 N–H and O–H groups in total. The van der Waals surface area contributed by atoms with Crippen LogP contribution in [-0.4, -0.2) is 27.2 Å². The highest BCUT2D eigenvalue weighted by atomic mass is 16.1. The number of aryl methyl sites for hydroxylation is 1. The fraction of sp³-hybridized carbons (Fsp3) is 0.727. The third-order valence-electron chi connectivity index (χ3n) is 2.45. The maximum Gasteiger partial charge on any atom is 0.220 e. The Bertz CT molecular complexity index is 336. The van der Waals surface area contributed by atoms with E-state index in [0.717, 1.165) is 32.2 Å². The second-order valence-corrected chi connectivity index (χ2v) is 4.06. The van der Waals surface area contributed by atoms with Gasteiger partial charge in [0.2, 0.25) is 5.91 Å². The molecule has 17 heavy (non-hydrogen) atoms. The van der Waals surface area contributed by atoms with Crippen LogP contribution in [0.4, 0.5) is 0 Å². The van der Waals surface area contributed by atoms with Crippen LogP contribution in [0, 0.1) is 0 Å². The first-order valence-corrected chi connectivity index (χ1v) is 6.03. The SMILES string of the molecule is Cn1cnc(CNC(=O)CCCCCCN)n1. The second kappa shape index (κ2) is 7.78. The van der Waals surface area contributed by atoms with E-state index in [0.29, 0.717) is 18.8 Å². The van der Waals surface area contributed by atoms with E-state index >= 15 is 0 Å². The summed E-state index contributed by atoms with van der Waals surface area (Å²) in [4.78, 5) is 15.5. The van der Waals surface area contributed by atoms with E-state index in [1.165, 1.54) is 0 Å². The molecule has 0 aliphatic carbocycles. The second-order valence-electron chi connectivity index (χ2n) is 4.06. The number of carbonyl (C=O) groups excluding carboxylic acids is 1. The number of unbranched alkanes of at least 4 members (excludes halogenated alkanes) is 3. The van der Waals surface area contributed by atoms with E-state index in [4.69, 9.17) is 5.73 Å². The van der Waals surface area contributed by atoms with Crippen molar-refractivity contribution in [3.63, 3.8) is 0 Å². The van der Waals surface area contributed by atoms with Crippen LogP contribution in [0.1, 0.15) is 37.9 Å². The van der Waals surface area contributed by atoms with Crippen molar-refractivity contribution in [3.05, 3.63) is 12.2 Å². The summed E-state index contributed by atoms with van der Waals surface area (Å²) in [6.07, 6.45) is 6.31. The number of nitrogens with two attached hydrogens (primary N) is 1. The van der Waals surface area contributed by atoms with Gasteiger partial charge in [-0.15, -0.1) is 0 Å². The van der Waals surface area contributed by atoms with Crippen molar-refractivity contribution < 1.29 is 4.79 Å². The molecule has 1 aromatic heterocycles. The molecule has 0 bridgehead atoms. The van der Waals surface area contributed by atoms with Gasteiger partial charge in [-0.1, -0.05) is 12.8 Å². The topological polar surface area (TPSA) is 85.8 Å². The van der Waals surface area contributed by atoms with Crippen LogP contribution >= 0.6 is 0 Å². The predicted molar refractivity (Wildman–Crippen MR) is 65.0 cm³/mol. The largest absolute Gasteiger partial charge is 0.349 e. The molecule has 96 valence electrons. The fourth-order valence-electron chi connectivity index (χ4n) is 1.51. The lowest BCUT2D eigenvalue weighted by molar-refractivity contribution is -0.121. The summed E-state index contributed by atoms with van der Waals surface area (Å²) >= 11 is 0. The maximum atomic E-state index is 11.5. The zero-order valence-corrected chi connectivity index (χ0v) is 10.4. The molecular weight excluding hydrogens is 218 g/mol. The quantitative estimate of drug-likeness (QED) is 0.641. The number of nitrogens with one attached hydrogen (secondary N) is 1. The highest BCUT2D eigenvalue weighted by molar-refractivity contribution is 5.75. The van der Waals surface area contributed by atoms with Gasteiger partial charge in [0.05, 0.1) is 6.54 Å². The number of rotatable bonds is 8. The summed E-state index contributed by atoms with van der Waals surface area (Å²) in [6.45, 7) is 1.14. The van der Waals surface area contributed by atoms with Crippen molar-refractivity contribution in [1.82, 2.24) is 20.1 Å². The molecule has 0 spiro atoms. The van der Waals surface area contributed by atoms with Crippen molar-refractivity contribution in [2.75, 3.05) is 6.54 Å². The number of carbonyl (C=O) groups is 1. The van der Waals surface area contributed by atoms with E-state index in [1.54, 1.807) is 18.1 Å². The first kappa shape index (κ1) is 13.6. The number of hydrogen-bond acceptors (Lipinski definition) is 4. The molecular formula is C11H21N5O. The van der Waals surface area contributed by atoms with Gasteiger partial charge < -0.3 is 11.1 Å². The molecule has 1 aromatic rings. The van der Waals surface area contributed by atoms with Crippen LogP contribution in [0.25, 0.3) is 0 Å². The third kappa shape index (κ3) is 6.01. The Hall–Kier alpha value is -1.43. The van der Waals surface area contributed by atoms with Crippen LogP contribution in [-0.2, 0) is 18.4 Å². The Morgan fingerprint density at radius 1 is 1.41 bits per heavy atom. The lowest BCUT2D eigenvalue weighted by atomic mass is 10.1. The van der Waals surface area contributed by atoms with Gasteiger partial charge in [-0.05, 0) is 19.4 Å². The summed E-state index contributed by atoms with van der Waals surface area (Å²) < 4.78 is 1.62. The average Bonchev–Trinajstić information content (AvgIpc) is 2.72. The van der Waals surface area contributed by atoms with E-state index in [1.807, 2.05) is 0 Å². The van der Waals surface area contributed by atoms with Crippen LogP contribution < -0.4 is 11.1 Å². The lowest BCUT2D eigenvalue weighted by Gasteiger charge is -2.02. The number of aromatic nitrogens is 3. The van der Waals surface area contributed by atoms with E-state index in [-0.39, 0.29) is 5.91 Å². The van der Waals surface area contributed by atoms with Gasteiger partial charge in [0.1, 0.15) is 6.33 Å². The summed E-state index contributed by atoms with van der Waals surface area (Å²) in [5.41, 5.74) is 5.39. The third-order valence-corrected chi connectivity index (χ3v) is 2.45. The van der Waals surface area contributed by atoms with Crippen LogP contribution in [0.3, 0.4) is 0 Å². The standard InChI is InChI=1S/C11H21N5O/c1-16-9-14-10(15-16)8-13-11(17)6-4-2-3-5-7-12/h9H,2-8,12H2,1H3,(H,13,17). The van der Waals surface area contributed by atoms with Gasteiger partial charge >= 0.3 is 0 Å². The Labute approximate surface area is 102 Å². The normalized spacial score (nSPS) is 10.5. The van der Waals surface area contributed by atoms with E-state index in [9.17, 15) is 4.79 Å². The minimum atomic E-state index is 0.0604. The Kier molecular flexibility index (Phi) is 6.24. The van der Waals surface area contributed by atoms with E-state index in [2.05, 4.69) is 15.4 Å². The average molecular weight is 239 g/mol. The molecule has 0 saturated carbocycles. The van der Waals surface area contributed by atoms with Crippen molar-refractivity contribution in [1.29, 1.82) is 0 Å². The van der Waals surface area contributed by atoms with Crippen molar-refractivity contribution >= 4 is 5.91 Å². The molecule has 1 rings (SSSR count). The van der Waals surface area contributed by atoms with Crippen LogP contribution in [0.2, 0.25) is 0 Å². The van der Waals surface area contributed by atoms with Crippen molar-refractivity contribution in [2.24, 2.45) is 12.8 Å². The van der Waals surface area contributed by atoms with Gasteiger partial charge in [0.25, 0.3) is 0 Å². The number of amides is 1. The molecule has 0 saturated heterocycles. The molecule has 0 aromatic carbocycles. The molecule has 6 nitrogen and oxygen atoms in total. The number of nitrogens with zero attached hydrogens (tertiary/aromatic N) is 3. The smallest absolute Gasteiger partial charge is 0.220 e.